The van der Waals surface area contributed by atoms with Crippen molar-refractivity contribution in [1.82, 2.24) is 5.16 Å². The Kier molecular flexibility index (Phi) is 1.35. The van der Waals surface area contributed by atoms with Crippen LogP contribution in [-0.4, -0.2) is 11.2 Å². The van der Waals surface area contributed by atoms with Crippen LogP contribution in [0.5, 0.6) is 0 Å². The van der Waals surface area contributed by atoms with E-state index in [1.54, 1.807) is 0 Å². The monoisotopic (exact) mass is 154 g/mol. The van der Waals surface area contributed by atoms with Gasteiger partial charge in [-0.1, -0.05) is 0 Å². The fourth-order valence-corrected chi connectivity index (χ4v) is 1.45. The molecule has 1 unspecified atom stereocenters. The van der Waals surface area contributed by atoms with Gasteiger partial charge in [0.25, 0.3) is 5.56 Å². The summed E-state index contributed by atoms with van der Waals surface area (Å²) in [7, 11) is 0. The standard InChI is InChI=1S/C7H10N2O2/c8-4-1-2-5-6(3-4)11-9-7(5)10/h4H,1-3,8H2,(H,9,10). The molecule has 60 valence electrons. The van der Waals surface area contributed by atoms with Crippen LogP contribution in [0, 0.1) is 0 Å². The molecule has 0 aromatic carbocycles. The van der Waals surface area contributed by atoms with Crippen LogP contribution in [0.3, 0.4) is 0 Å². The summed E-state index contributed by atoms with van der Waals surface area (Å²) in [5, 5.41) is 2.31. The normalized spacial score (nSPS) is 23.2. The van der Waals surface area contributed by atoms with E-state index < -0.39 is 0 Å². The predicted octanol–water partition coefficient (Wildman–Crippen LogP) is -0.216. The zero-order valence-corrected chi connectivity index (χ0v) is 6.09. The van der Waals surface area contributed by atoms with Crippen molar-refractivity contribution >= 4 is 0 Å². The second kappa shape index (κ2) is 2.23. The molecule has 0 bridgehead atoms. The topological polar surface area (TPSA) is 72.0 Å². The van der Waals surface area contributed by atoms with Gasteiger partial charge in [0.05, 0.1) is 5.56 Å². The Balaban J connectivity index is 2.44. The molecule has 1 aliphatic rings. The smallest absolute Gasteiger partial charge is 0.283 e. The van der Waals surface area contributed by atoms with Crippen molar-refractivity contribution in [1.29, 1.82) is 0 Å². The highest BCUT2D eigenvalue weighted by atomic mass is 16.5. The lowest BCUT2D eigenvalue weighted by molar-refractivity contribution is 0.359. The molecule has 0 fully saturated rings. The van der Waals surface area contributed by atoms with Crippen molar-refractivity contribution in [2.24, 2.45) is 5.73 Å². The highest BCUT2D eigenvalue weighted by Crippen LogP contribution is 2.16. The van der Waals surface area contributed by atoms with Gasteiger partial charge < -0.3 is 10.3 Å². The molecule has 0 saturated carbocycles. The van der Waals surface area contributed by atoms with Crippen molar-refractivity contribution in [3.8, 4) is 0 Å². The largest absolute Gasteiger partial charge is 0.383 e. The van der Waals surface area contributed by atoms with Crippen LogP contribution in [0.25, 0.3) is 0 Å². The van der Waals surface area contributed by atoms with E-state index in [1.807, 2.05) is 0 Å². The van der Waals surface area contributed by atoms with Crippen molar-refractivity contribution in [2.45, 2.75) is 25.3 Å². The second-order valence-corrected chi connectivity index (χ2v) is 2.94. The molecule has 1 aromatic rings. The molecule has 3 N–H and O–H groups in total. The van der Waals surface area contributed by atoms with E-state index in [9.17, 15) is 4.79 Å². The summed E-state index contributed by atoms with van der Waals surface area (Å²) >= 11 is 0. The first-order valence-electron chi connectivity index (χ1n) is 3.72. The zero-order valence-electron chi connectivity index (χ0n) is 6.09. The minimum absolute atomic E-state index is 0.0908. The highest BCUT2D eigenvalue weighted by molar-refractivity contribution is 5.18. The molecule has 0 saturated heterocycles. The Morgan fingerprint density at radius 2 is 2.45 bits per heavy atom. The molecule has 0 amide bonds. The van der Waals surface area contributed by atoms with Gasteiger partial charge in [0.1, 0.15) is 5.76 Å². The fraction of sp³-hybridized carbons (Fsp3) is 0.571. The van der Waals surface area contributed by atoms with Crippen molar-refractivity contribution in [2.75, 3.05) is 0 Å². The number of nitrogens with two attached hydrogens (primary N) is 1. The summed E-state index contributed by atoms with van der Waals surface area (Å²) < 4.78 is 4.94. The van der Waals surface area contributed by atoms with Crippen molar-refractivity contribution in [3.05, 3.63) is 21.7 Å². The maximum atomic E-state index is 11.0. The molecule has 1 aromatic heterocycles. The van der Waals surface area contributed by atoms with Crippen LogP contribution in [0.4, 0.5) is 0 Å². The van der Waals surface area contributed by atoms with Gasteiger partial charge in [-0.2, -0.15) is 5.16 Å². The Bertz CT molecular complexity index is 312. The first kappa shape index (κ1) is 6.67. The third-order valence-corrected chi connectivity index (χ3v) is 2.09. The lowest BCUT2D eigenvalue weighted by atomic mass is 9.95. The Morgan fingerprint density at radius 1 is 1.64 bits per heavy atom. The number of aromatic amines is 1. The molecule has 0 spiro atoms. The van der Waals surface area contributed by atoms with E-state index in [1.165, 1.54) is 0 Å². The van der Waals surface area contributed by atoms with E-state index in [4.69, 9.17) is 10.3 Å². The number of hydrogen-bond acceptors (Lipinski definition) is 3. The quantitative estimate of drug-likeness (QED) is 0.542. The third kappa shape index (κ3) is 0.991. The van der Waals surface area contributed by atoms with E-state index in [0.717, 1.165) is 24.2 Å². The van der Waals surface area contributed by atoms with Crippen molar-refractivity contribution < 1.29 is 4.52 Å². The van der Waals surface area contributed by atoms with Gasteiger partial charge in [0.15, 0.2) is 0 Å². The third-order valence-electron chi connectivity index (χ3n) is 2.09. The minimum Gasteiger partial charge on any atom is -0.383 e. The van der Waals surface area contributed by atoms with Gasteiger partial charge in [-0.25, -0.2) is 0 Å². The Labute approximate surface area is 63.4 Å². The van der Waals surface area contributed by atoms with Crippen LogP contribution in [0.15, 0.2) is 9.32 Å². The first-order chi connectivity index (χ1) is 5.27. The number of fused-ring (bicyclic) bond motifs is 1. The molecule has 1 atom stereocenters. The molecule has 1 heterocycles. The molecule has 11 heavy (non-hydrogen) atoms. The summed E-state index contributed by atoms with van der Waals surface area (Å²) in [6.07, 6.45) is 2.33. The first-order valence-corrected chi connectivity index (χ1v) is 3.72. The number of aromatic nitrogens is 1. The number of hydrogen-bond donors (Lipinski definition) is 2. The summed E-state index contributed by atoms with van der Waals surface area (Å²) in [5.41, 5.74) is 6.38. The lowest BCUT2D eigenvalue weighted by Gasteiger charge is -2.14. The maximum Gasteiger partial charge on any atom is 0.283 e. The van der Waals surface area contributed by atoms with Crippen LogP contribution < -0.4 is 11.3 Å². The predicted molar refractivity (Wildman–Crippen MR) is 39.3 cm³/mol. The van der Waals surface area contributed by atoms with Gasteiger partial charge in [-0.05, 0) is 12.8 Å². The van der Waals surface area contributed by atoms with Crippen LogP contribution in [0.1, 0.15) is 17.7 Å². The molecule has 0 radical (unpaired) electrons. The highest BCUT2D eigenvalue weighted by Gasteiger charge is 2.21. The lowest BCUT2D eigenvalue weighted by Crippen LogP contribution is -2.28. The molecule has 0 aliphatic heterocycles. The summed E-state index contributed by atoms with van der Waals surface area (Å²) in [6, 6.07) is 0.154. The van der Waals surface area contributed by atoms with Gasteiger partial charge in [0.2, 0.25) is 0 Å². The SMILES string of the molecule is NC1CCc2c(o[nH]c2=O)C1. The molecule has 4 heteroatoms. The second-order valence-electron chi connectivity index (χ2n) is 2.94. The Hall–Kier alpha value is -1.03. The van der Waals surface area contributed by atoms with Crippen molar-refractivity contribution in [3.63, 3.8) is 0 Å². The van der Waals surface area contributed by atoms with E-state index in [-0.39, 0.29) is 11.6 Å². The maximum absolute atomic E-state index is 11.0. The summed E-state index contributed by atoms with van der Waals surface area (Å²) in [4.78, 5) is 11.0. The average Bonchev–Trinajstić information content (AvgIpc) is 2.32. The average molecular weight is 154 g/mol. The molecular weight excluding hydrogens is 144 g/mol. The number of rotatable bonds is 0. The van der Waals surface area contributed by atoms with E-state index in [2.05, 4.69) is 5.16 Å². The Morgan fingerprint density at radius 3 is 3.27 bits per heavy atom. The van der Waals surface area contributed by atoms with Crippen LogP contribution in [-0.2, 0) is 12.8 Å². The molecule has 4 nitrogen and oxygen atoms in total. The number of nitrogens with one attached hydrogen (secondary N) is 1. The van der Waals surface area contributed by atoms with Gasteiger partial charge in [-0.3, -0.25) is 4.79 Å². The van der Waals surface area contributed by atoms with Gasteiger partial charge in [-0.15, -0.1) is 0 Å². The molecule has 1 aliphatic carbocycles. The van der Waals surface area contributed by atoms with Gasteiger partial charge in [0, 0.05) is 12.5 Å². The summed E-state index contributed by atoms with van der Waals surface area (Å²) in [5.74, 6) is 0.744. The van der Waals surface area contributed by atoms with Crippen LogP contribution in [0.2, 0.25) is 0 Å². The number of H-pyrrole nitrogens is 1. The fourth-order valence-electron chi connectivity index (χ4n) is 1.45. The van der Waals surface area contributed by atoms with Gasteiger partial charge >= 0.3 is 0 Å². The van der Waals surface area contributed by atoms with Crippen LogP contribution >= 0.6 is 0 Å². The molecule has 2 rings (SSSR count). The molecular formula is C7H10N2O2. The summed E-state index contributed by atoms with van der Waals surface area (Å²) in [6.45, 7) is 0. The van der Waals surface area contributed by atoms with E-state index in [0.29, 0.717) is 6.42 Å². The van der Waals surface area contributed by atoms with E-state index >= 15 is 0 Å². The zero-order chi connectivity index (χ0) is 7.84. The minimum atomic E-state index is -0.0908.